The zero-order valence-corrected chi connectivity index (χ0v) is 11.6. The highest BCUT2D eigenvalue weighted by molar-refractivity contribution is 6.11. The normalized spacial score (nSPS) is 16.0. The van der Waals surface area contributed by atoms with E-state index in [0.717, 1.165) is 11.4 Å². The van der Waals surface area contributed by atoms with Gasteiger partial charge in [0.15, 0.2) is 0 Å². The lowest BCUT2D eigenvalue weighted by atomic mass is 10.2. The average molecular weight is 280 g/mol. The largest absolute Gasteiger partial charge is 0.310 e. The van der Waals surface area contributed by atoms with Gasteiger partial charge in [0.05, 0.1) is 0 Å². The van der Waals surface area contributed by atoms with Crippen molar-refractivity contribution in [2.45, 2.75) is 6.42 Å². The molecule has 4 heteroatoms. The van der Waals surface area contributed by atoms with Crippen LogP contribution in [-0.4, -0.2) is 24.9 Å². The fourth-order valence-corrected chi connectivity index (χ4v) is 2.53. The van der Waals surface area contributed by atoms with Gasteiger partial charge in [0.25, 0.3) is 0 Å². The van der Waals surface area contributed by atoms with Crippen LogP contribution in [0.5, 0.6) is 0 Å². The van der Waals surface area contributed by atoms with E-state index in [2.05, 4.69) is 0 Å². The third-order valence-electron chi connectivity index (χ3n) is 3.59. The molecule has 0 aliphatic carbocycles. The molecule has 0 aromatic heterocycles. The van der Waals surface area contributed by atoms with E-state index < -0.39 is 0 Å². The Balaban J connectivity index is 1.85. The maximum absolute atomic E-state index is 12.3. The summed E-state index contributed by atoms with van der Waals surface area (Å²) in [5.41, 5.74) is 1.68. The fraction of sp³-hybridized carbons (Fsp3) is 0.176. The minimum Gasteiger partial charge on any atom is -0.310 e. The van der Waals surface area contributed by atoms with Crippen LogP contribution in [0.1, 0.15) is 6.42 Å². The van der Waals surface area contributed by atoms with Crippen molar-refractivity contribution < 1.29 is 9.59 Å². The zero-order chi connectivity index (χ0) is 14.7. The van der Waals surface area contributed by atoms with E-state index in [4.69, 9.17) is 0 Å². The van der Waals surface area contributed by atoms with E-state index in [9.17, 15) is 9.59 Å². The minimum atomic E-state index is -0.148. The van der Waals surface area contributed by atoms with Crippen molar-refractivity contribution in [1.29, 1.82) is 0 Å². The average Bonchev–Trinajstić information content (AvgIpc) is 2.67. The number of hydrogen-bond donors (Lipinski definition) is 0. The van der Waals surface area contributed by atoms with Gasteiger partial charge in [-0.15, -0.1) is 0 Å². The summed E-state index contributed by atoms with van der Waals surface area (Å²) in [6.07, 6.45) is -0.0935. The molecule has 0 radical (unpaired) electrons. The van der Waals surface area contributed by atoms with Gasteiger partial charge in [-0.05, 0) is 24.3 Å². The highest BCUT2D eigenvalue weighted by Crippen LogP contribution is 2.21. The van der Waals surface area contributed by atoms with Crippen LogP contribution in [0.25, 0.3) is 0 Å². The molecule has 2 aromatic carbocycles. The molecule has 1 heterocycles. The molecule has 1 fully saturated rings. The Kier molecular flexibility index (Phi) is 3.69. The van der Waals surface area contributed by atoms with E-state index >= 15 is 0 Å². The Morgan fingerprint density at radius 3 is 1.38 bits per heavy atom. The highest BCUT2D eigenvalue weighted by atomic mass is 16.2. The standard InChI is InChI=1S/C17H16N2O2/c20-16-13-17(21)19(15-9-5-2-6-10-15)12-11-18(16)14-7-3-1-4-8-14/h1-10H,11-13H2. The van der Waals surface area contributed by atoms with Crippen LogP contribution < -0.4 is 9.80 Å². The number of nitrogens with zero attached hydrogens (tertiary/aromatic N) is 2. The summed E-state index contributed by atoms with van der Waals surface area (Å²) >= 11 is 0. The summed E-state index contributed by atoms with van der Waals surface area (Å²) in [5.74, 6) is -0.297. The maximum Gasteiger partial charge on any atom is 0.236 e. The van der Waals surface area contributed by atoms with E-state index in [1.807, 2.05) is 60.7 Å². The molecule has 21 heavy (non-hydrogen) atoms. The fourth-order valence-electron chi connectivity index (χ4n) is 2.53. The molecule has 106 valence electrons. The van der Waals surface area contributed by atoms with E-state index in [0.29, 0.717) is 13.1 Å². The Labute approximate surface area is 123 Å². The van der Waals surface area contributed by atoms with Crippen LogP contribution in [0.4, 0.5) is 11.4 Å². The van der Waals surface area contributed by atoms with Gasteiger partial charge >= 0.3 is 0 Å². The number of benzene rings is 2. The molecule has 2 aromatic rings. The van der Waals surface area contributed by atoms with Crippen LogP contribution in [-0.2, 0) is 9.59 Å². The second-order valence-corrected chi connectivity index (χ2v) is 4.94. The Morgan fingerprint density at radius 2 is 1.00 bits per heavy atom. The first-order valence-corrected chi connectivity index (χ1v) is 6.96. The van der Waals surface area contributed by atoms with Gasteiger partial charge in [-0.25, -0.2) is 0 Å². The first-order valence-electron chi connectivity index (χ1n) is 6.96. The van der Waals surface area contributed by atoms with Gasteiger partial charge in [-0.3, -0.25) is 9.59 Å². The van der Waals surface area contributed by atoms with Crippen LogP contribution >= 0.6 is 0 Å². The molecule has 0 saturated carbocycles. The van der Waals surface area contributed by atoms with Gasteiger partial charge < -0.3 is 9.80 Å². The molecule has 1 aliphatic rings. The summed E-state index contributed by atoms with van der Waals surface area (Å²) in [7, 11) is 0. The summed E-state index contributed by atoms with van der Waals surface area (Å²) in [6, 6.07) is 19.0. The smallest absolute Gasteiger partial charge is 0.236 e. The summed E-state index contributed by atoms with van der Waals surface area (Å²) in [4.78, 5) is 27.9. The van der Waals surface area contributed by atoms with Crippen molar-refractivity contribution in [2.24, 2.45) is 0 Å². The third-order valence-corrected chi connectivity index (χ3v) is 3.59. The number of carbonyl (C=O) groups excluding carboxylic acids is 2. The lowest BCUT2D eigenvalue weighted by Gasteiger charge is -2.22. The molecule has 0 atom stereocenters. The number of hydrogen-bond acceptors (Lipinski definition) is 2. The first-order chi connectivity index (χ1) is 10.3. The van der Waals surface area contributed by atoms with Crippen molar-refractivity contribution in [3.63, 3.8) is 0 Å². The number of amides is 2. The monoisotopic (exact) mass is 280 g/mol. The van der Waals surface area contributed by atoms with Crippen molar-refractivity contribution in [3.05, 3.63) is 60.7 Å². The molecule has 4 nitrogen and oxygen atoms in total. The molecular formula is C17H16N2O2. The van der Waals surface area contributed by atoms with E-state index in [1.54, 1.807) is 9.80 Å². The molecule has 1 saturated heterocycles. The summed E-state index contributed by atoms with van der Waals surface area (Å²) < 4.78 is 0. The number of rotatable bonds is 2. The lowest BCUT2D eigenvalue weighted by Crippen LogP contribution is -2.33. The topological polar surface area (TPSA) is 40.6 Å². The molecule has 3 rings (SSSR count). The van der Waals surface area contributed by atoms with Gasteiger partial charge in [0, 0.05) is 24.5 Å². The van der Waals surface area contributed by atoms with Crippen molar-refractivity contribution >= 4 is 23.2 Å². The van der Waals surface area contributed by atoms with Gasteiger partial charge in [0.1, 0.15) is 6.42 Å². The van der Waals surface area contributed by atoms with Crippen molar-refractivity contribution in [1.82, 2.24) is 0 Å². The molecule has 0 spiro atoms. The van der Waals surface area contributed by atoms with Crippen LogP contribution in [0.15, 0.2) is 60.7 Å². The first kappa shape index (κ1) is 13.4. The molecule has 1 aliphatic heterocycles. The van der Waals surface area contributed by atoms with Crippen LogP contribution in [0.2, 0.25) is 0 Å². The zero-order valence-electron chi connectivity index (χ0n) is 11.6. The Hall–Kier alpha value is -2.62. The second kappa shape index (κ2) is 5.79. The summed E-state index contributed by atoms with van der Waals surface area (Å²) in [5, 5.41) is 0. The molecule has 0 bridgehead atoms. The second-order valence-electron chi connectivity index (χ2n) is 4.94. The van der Waals surface area contributed by atoms with E-state index in [1.165, 1.54) is 0 Å². The molecule has 0 unspecified atom stereocenters. The third kappa shape index (κ3) is 2.79. The summed E-state index contributed by atoms with van der Waals surface area (Å²) in [6.45, 7) is 1.01. The van der Waals surface area contributed by atoms with Gasteiger partial charge in [0.2, 0.25) is 11.8 Å². The van der Waals surface area contributed by atoms with Crippen molar-refractivity contribution in [3.8, 4) is 0 Å². The van der Waals surface area contributed by atoms with Crippen molar-refractivity contribution in [2.75, 3.05) is 22.9 Å². The maximum atomic E-state index is 12.3. The molecule has 2 amide bonds. The predicted octanol–water partition coefficient (Wildman–Crippen LogP) is 2.46. The van der Waals surface area contributed by atoms with Crippen LogP contribution in [0.3, 0.4) is 0 Å². The minimum absolute atomic E-state index is 0.0935. The predicted molar refractivity (Wildman–Crippen MR) is 82.2 cm³/mol. The SMILES string of the molecule is O=C1CC(=O)N(c2ccccc2)CCN1c1ccccc1. The highest BCUT2D eigenvalue weighted by Gasteiger charge is 2.28. The van der Waals surface area contributed by atoms with E-state index in [-0.39, 0.29) is 18.2 Å². The van der Waals surface area contributed by atoms with Gasteiger partial charge in [-0.1, -0.05) is 36.4 Å². The number of anilines is 2. The van der Waals surface area contributed by atoms with Crippen LogP contribution in [0, 0.1) is 0 Å². The number of carbonyl (C=O) groups is 2. The number of para-hydroxylation sites is 2. The molecule has 0 N–H and O–H groups in total. The quantitative estimate of drug-likeness (QED) is 0.793. The lowest BCUT2D eigenvalue weighted by molar-refractivity contribution is -0.125. The van der Waals surface area contributed by atoms with Gasteiger partial charge in [-0.2, -0.15) is 0 Å². The Morgan fingerprint density at radius 1 is 0.619 bits per heavy atom. The Bertz CT molecular complexity index is 583. The molecular weight excluding hydrogens is 264 g/mol.